The fourth-order valence-electron chi connectivity index (χ4n) is 1.17. The predicted molar refractivity (Wildman–Crippen MR) is 59.8 cm³/mol. The van der Waals surface area contributed by atoms with E-state index in [1.165, 1.54) is 10.6 Å². The van der Waals surface area contributed by atoms with E-state index in [1.54, 1.807) is 0 Å². The highest BCUT2D eigenvalue weighted by Gasteiger charge is 2.14. The molecule has 0 bridgehead atoms. The number of nitrogens with zero attached hydrogens (tertiary/aromatic N) is 1. The summed E-state index contributed by atoms with van der Waals surface area (Å²) in [5.41, 5.74) is 0. The van der Waals surface area contributed by atoms with Crippen LogP contribution in [-0.2, 0) is 10.0 Å². The summed E-state index contributed by atoms with van der Waals surface area (Å²) >= 11 is 0. The Bertz CT molecular complexity index is 237. The third kappa shape index (κ3) is 6.34. The van der Waals surface area contributed by atoms with Gasteiger partial charge < -0.3 is 5.32 Å². The summed E-state index contributed by atoms with van der Waals surface area (Å²) < 4.78 is 24.1. The van der Waals surface area contributed by atoms with Crippen LogP contribution in [0.2, 0.25) is 0 Å². The number of sulfonamides is 1. The van der Waals surface area contributed by atoms with Crippen LogP contribution in [0.1, 0.15) is 27.2 Å². The van der Waals surface area contributed by atoms with E-state index < -0.39 is 10.0 Å². The zero-order valence-electron chi connectivity index (χ0n) is 9.58. The van der Waals surface area contributed by atoms with Crippen molar-refractivity contribution in [2.45, 2.75) is 33.2 Å². The fraction of sp³-hybridized carbons (Fsp3) is 1.00. The Hall–Kier alpha value is -0.130. The molecule has 0 fully saturated rings. The highest BCUT2D eigenvalue weighted by atomic mass is 32.2. The SMILES string of the molecule is CCCN(CCNC(C)C)S(C)(=O)=O. The van der Waals surface area contributed by atoms with E-state index in [2.05, 4.69) is 5.32 Å². The molecule has 14 heavy (non-hydrogen) atoms. The van der Waals surface area contributed by atoms with Crippen molar-refractivity contribution >= 4 is 10.0 Å². The van der Waals surface area contributed by atoms with Crippen LogP contribution in [0.25, 0.3) is 0 Å². The standard InChI is InChI=1S/C9H22N2O2S/c1-5-7-11(14(4,12)13)8-6-10-9(2)3/h9-10H,5-8H2,1-4H3. The Morgan fingerprint density at radius 3 is 2.21 bits per heavy atom. The summed E-state index contributed by atoms with van der Waals surface area (Å²) in [6, 6.07) is 0.401. The maximum Gasteiger partial charge on any atom is 0.211 e. The fourth-order valence-corrected chi connectivity index (χ4v) is 2.11. The first-order valence-electron chi connectivity index (χ1n) is 5.06. The molecule has 0 amide bonds. The van der Waals surface area contributed by atoms with Gasteiger partial charge in [0.25, 0.3) is 0 Å². The van der Waals surface area contributed by atoms with Gasteiger partial charge in [0.1, 0.15) is 0 Å². The van der Waals surface area contributed by atoms with E-state index in [1.807, 2.05) is 20.8 Å². The molecule has 0 saturated heterocycles. The molecule has 0 heterocycles. The van der Waals surface area contributed by atoms with Crippen LogP contribution >= 0.6 is 0 Å². The molecule has 0 atom stereocenters. The van der Waals surface area contributed by atoms with Gasteiger partial charge in [0.05, 0.1) is 6.26 Å². The zero-order valence-corrected chi connectivity index (χ0v) is 10.4. The monoisotopic (exact) mass is 222 g/mol. The van der Waals surface area contributed by atoms with Crippen molar-refractivity contribution in [3.63, 3.8) is 0 Å². The van der Waals surface area contributed by atoms with Crippen LogP contribution < -0.4 is 5.32 Å². The molecule has 0 radical (unpaired) electrons. The highest BCUT2D eigenvalue weighted by Crippen LogP contribution is 1.98. The molecule has 0 aromatic rings. The largest absolute Gasteiger partial charge is 0.313 e. The van der Waals surface area contributed by atoms with Crippen LogP contribution in [0.5, 0.6) is 0 Å². The minimum atomic E-state index is -3.03. The molecule has 1 N–H and O–H groups in total. The minimum absolute atomic E-state index is 0.401. The lowest BCUT2D eigenvalue weighted by atomic mass is 10.4. The van der Waals surface area contributed by atoms with Gasteiger partial charge in [-0.2, -0.15) is 0 Å². The molecular weight excluding hydrogens is 200 g/mol. The second-order valence-corrected chi connectivity index (χ2v) is 5.75. The van der Waals surface area contributed by atoms with Gasteiger partial charge >= 0.3 is 0 Å². The Kier molecular flexibility index (Phi) is 6.31. The average Bonchev–Trinajstić information content (AvgIpc) is 2.00. The molecule has 0 unspecified atom stereocenters. The second kappa shape index (κ2) is 6.37. The highest BCUT2D eigenvalue weighted by molar-refractivity contribution is 7.88. The summed E-state index contributed by atoms with van der Waals surface area (Å²) in [6.45, 7) is 7.96. The lowest BCUT2D eigenvalue weighted by Crippen LogP contribution is -2.38. The normalized spacial score (nSPS) is 12.7. The lowest BCUT2D eigenvalue weighted by Gasteiger charge is -2.20. The van der Waals surface area contributed by atoms with Crippen LogP contribution in [-0.4, -0.2) is 44.7 Å². The first-order valence-corrected chi connectivity index (χ1v) is 6.91. The van der Waals surface area contributed by atoms with Crippen molar-refractivity contribution in [1.82, 2.24) is 9.62 Å². The van der Waals surface area contributed by atoms with Gasteiger partial charge in [-0.25, -0.2) is 12.7 Å². The van der Waals surface area contributed by atoms with E-state index in [9.17, 15) is 8.42 Å². The number of nitrogens with one attached hydrogen (secondary N) is 1. The molecule has 0 aliphatic carbocycles. The van der Waals surface area contributed by atoms with Gasteiger partial charge in [-0.05, 0) is 6.42 Å². The third-order valence-corrected chi connectivity index (χ3v) is 3.16. The molecule has 0 spiro atoms. The molecular formula is C9H22N2O2S. The maximum atomic E-state index is 11.3. The molecule has 0 rings (SSSR count). The van der Waals surface area contributed by atoms with E-state index in [4.69, 9.17) is 0 Å². The van der Waals surface area contributed by atoms with Gasteiger partial charge in [-0.3, -0.25) is 0 Å². The van der Waals surface area contributed by atoms with Crippen LogP contribution in [0, 0.1) is 0 Å². The molecule has 0 aromatic carbocycles. The van der Waals surface area contributed by atoms with Crippen LogP contribution in [0.15, 0.2) is 0 Å². The lowest BCUT2D eigenvalue weighted by molar-refractivity contribution is 0.400. The van der Waals surface area contributed by atoms with Crippen molar-refractivity contribution in [2.75, 3.05) is 25.9 Å². The number of rotatable bonds is 7. The van der Waals surface area contributed by atoms with Gasteiger partial charge in [0, 0.05) is 25.7 Å². The Balaban J connectivity index is 3.99. The van der Waals surface area contributed by atoms with Crippen LogP contribution in [0.3, 0.4) is 0 Å². The summed E-state index contributed by atoms with van der Waals surface area (Å²) in [6.07, 6.45) is 2.12. The average molecular weight is 222 g/mol. The summed E-state index contributed by atoms with van der Waals surface area (Å²) in [4.78, 5) is 0. The van der Waals surface area contributed by atoms with E-state index >= 15 is 0 Å². The second-order valence-electron chi connectivity index (χ2n) is 3.77. The number of hydrogen-bond acceptors (Lipinski definition) is 3. The van der Waals surface area contributed by atoms with Gasteiger partial charge in [-0.15, -0.1) is 0 Å². The molecule has 4 nitrogen and oxygen atoms in total. The molecule has 86 valence electrons. The molecule has 0 aromatic heterocycles. The molecule has 0 aliphatic rings. The Labute approximate surface area is 87.7 Å². The molecule has 0 saturated carbocycles. The van der Waals surface area contributed by atoms with Crippen molar-refractivity contribution in [2.24, 2.45) is 0 Å². The summed E-state index contributed by atoms with van der Waals surface area (Å²) in [5, 5.41) is 3.20. The third-order valence-electron chi connectivity index (χ3n) is 1.86. The first kappa shape index (κ1) is 13.9. The maximum absolute atomic E-state index is 11.3. The number of hydrogen-bond donors (Lipinski definition) is 1. The van der Waals surface area contributed by atoms with Crippen molar-refractivity contribution in [3.8, 4) is 0 Å². The first-order chi connectivity index (χ1) is 6.38. The molecule has 5 heteroatoms. The summed E-state index contributed by atoms with van der Waals surface area (Å²) in [5.74, 6) is 0. The predicted octanol–water partition coefficient (Wildman–Crippen LogP) is 0.656. The smallest absolute Gasteiger partial charge is 0.211 e. The van der Waals surface area contributed by atoms with E-state index in [0.717, 1.165) is 6.42 Å². The van der Waals surface area contributed by atoms with E-state index in [0.29, 0.717) is 25.7 Å². The van der Waals surface area contributed by atoms with E-state index in [-0.39, 0.29) is 0 Å². The Morgan fingerprint density at radius 1 is 1.29 bits per heavy atom. The van der Waals surface area contributed by atoms with Crippen LogP contribution in [0.4, 0.5) is 0 Å². The minimum Gasteiger partial charge on any atom is -0.313 e. The van der Waals surface area contributed by atoms with Crippen molar-refractivity contribution < 1.29 is 8.42 Å². The Morgan fingerprint density at radius 2 is 1.86 bits per heavy atom. The topological polar surface area (TPSA) is 49.4 Å². The zero-order chi connectivity index (χ0) is 11.2. The van der Waals surface area contributed by atoms with Gasteiger partial charge in [0.15, 0.2) is 0 Å². The van der Waals surface area contributed by atoms with Crippen molar-refractivity contribution in [3.05, 3.63) is 0 Å². The van der Waals surface area contributed by atoms with Crippen molar-refractivity contribution in [1.29, 1.82) is 0 Å². The molecule has 0 aliphatic heterocycles. The van der Waals surface area contributed by atoms with Gasteiger partial charge in [-0.1, -0.05) is 20.8 Å². The summed E-state index contributed by atoms with van der Waals surface area (Å²) in [7, 11) is -3.03. The van der Waals surface area contributed by atoms with Gasteiger partial charge in [0.2, 0.25) is 10.0 Å². The quantitative estimate of drug-likeness (QED) is 0.688.